The molecule has 0 saturated carbocycles. The number of carbonyl (C=O) groups excluding carboxylic acids is 2. The molecule has 0 bridgehead atoms. The molecule has 1 fully saturated rings. The molecule has 2 aromatic rings. The summed E-state index contributed by atoms with van der Waals surface area (Å²) in [6.07, 6.45) is 1.30. The van der Waals surface area contributed by atoms with Crippen LogP contribution >= 0.6 is 11.6 Å². The number of rotatable bonds is 3. The van der Waals surface area contributed by atoms with Crippen LogP contribution in [0.1, 0.15) is 28.8 Å². The number of hydrogen-bond donors (Lipinski definition) is 1. The highest BCUT2D eigenvalue weighted by molar-refractivity contribution is 6.31. The maximum absolute atomic E-state index is 12.6. The molecule has 0 unspecified atom stereocenters. The van der Waals surface area contributed by atoms with E-state index in [2.05, 4.69) is 5.32 Å². The second-order valence-corrected chi connectivity index (χ2v) is 6.07. The number of benzene rings is 2. The lowest BCUT2D eigenvalue weighted by Crippen LogP contribution is -2.27. The Morgan fingerprint density at radius 3 is 2.57 bits per heavy atom. The molecule has 4 nitrogen and oxygen atoms in total. The van der Waals surface area contributed by atoms with Crippen LogP contribution in [0.4, 0.5) is 11.4 Å². The summed E-state index contributed by atoms with van der Waals surface area (Å²) in [6.45, 7) is 2.60. The number of carbonyl (C=O) groups is 2. The Labute approximate surface area is 140 Å². The first-order chi connectivity index (χ1) is 11.0. The molecule has 23 heavy (non-hydrogen) atoms. The topological polar surface area (TPSA) is 49.4 Å². The van der Waals surface area contributed by atoms with Gasteiger partial charge in [-0.1, -0.05) is 29.3 Å². The summed E-state index contributed by atoms with van der Waals surface area (Å²) < 4.78 is 0. The van der Waals surface area contributed by atoms with E-state index in [0.29, 0.717) is 34.9 Å². The van der Waals surface area contributed by atoms with Gasteiger partial charge in [-0.25, -0.2) is 0 Å². The summed E-state index contributed by atoms with van der Waals surface area (Å²) in [5, 5.41) is 3.37. The fourth-order valence-electron chi connectivity index (χ4n) is 2.66. The highest BCUT2D eigenvalue weighted by Gasteiger charge is 2.26. The predicted molar refractivity (Wildman–Crippen MR) is 92.2 cm³/mol. The smallest absolute Gasteiger partial charge is 0.257 e. The molecule has 2 aromatic carbocycles. The van der Waals surface area contributed by atoms with Gasteiger partial charge in [-0.3, -0.25) is 9.59 Å². The molecule has 0 spiro atoms. The van der Waals surface area contributed by atoms with E-state index in [-0.39, 0.29) is 11.8 Å². The number of aryl methyl sites for hydroxylation is 1. The first-order valence-corrected chi connectivity index (χ1v) is 7.90. The molecule has 0 atom stereocenters. The van der Waals surface area contributed by atoms with Gasteiger partial charge in [-0.15, -0.1) is 0 Å². The maximum atomic E-state index is 12.6. The lowest BCUT2D eigenvalue weighted by atomic mass is 10.1. The molecule has 0 radical (unpaired) electrons. The van der Waals surface area contributed by atoms with Crippen molar-refractivity contribution in [2.75, 3.05) is 16.8 Å². The average Bonchev–Trinajstić information content (AvgIpc) is 2.95. The van der Waals surface area contributed by atoms with Crippen molar-refractivity contribution in [3.05, 3.63) is 58.6 Å². The molecule has 118 valence electrons. The standard InChI is InChI=1S/C18H17ClN2O2/c1-12-4-7-14(8-5-12)20-18(23)15-9-6-13(19)11-16(15)21-10-2-3-17(21)22/h4-9,11H,2-3,10H2,1H3,(H,20,23). The summed E-state index contributed by atoms with van der Waals surface area (Å²) in [4.78, 5) is 26.2. The van der Waals surface area contributed by atoms with Crippen LogP contribution in [0.3, 0.4) is 0 Å². The van der Waals surface area contributed by atoms with Gasteiger partial charge in [-0.2, -0.15) is 0 Å². The lowest BCUT2D eigenvalue weighted by molar-refractivity contribution is -0.117. The van der Waals surface area contributed by atoms with E-state index in [1.54, 1.807) is 23.1 Å². The second kappa shape index (κ2) is 6.42. The van der Waals surface area contributed by atoms with Crippen molar-refractivity contribution < 1.29 is 9.59 Å². The third kappa shape index (κ3) is 3.37. The monoisotopic (exact) mass is 328 g/mol. The van der Waals surface area contributed by atoms with Crippen LogP contribution in [-0.2, 0) is 4.79 Å². The van der Waals surface area contributed by atoms with Crippen molar-refractivity contribution in [2.45, 2.75) is 19.8 Å². The van der Waals surface area contributed by atoms with E-state index in [0.717, 1.165) is 12.0 Å². The molecule has 1 aliphatic heterocycles. The molecule has 1 N–H and O–H groups in total. The van der Waals surface area contributed by atoms with E-state index in [9.17, 15) is 9.59 Å². The van der Waals surface area contributed by atoms with Gasteiger partial charge in [0.15, 0.2) is 0 Å². The van der Waals surface area contributed by atoms with E-state index in [1.165, 1.54) is 0 Å². The van der Waals surface area contributed by atoms with Gasteiger partial charge in [0.1, 0.15) is 0 Å². The minimum atomic E-state index is -0.250. The summed E-state index contributed by atoms with van der Waals surface area (Å²) in [5.74, 6) is -0.225. The largest absolute Gasteiger partial charge is 0.322 e. The molecule has 1 aliphatic rings. The molecular weight excluding hydrogens is 312 g/mol. The Morgan fingerprint density at radius 2 is 1.91 bits per heavy atom. The second-order valence-electron chi connectivity index (χ2n) is 5.63. The number of amides is 2. The quantitative estimate of drug-likeness (QED) is 0.924. The van der Waals surface area contributed by atoms with Gasteiger partial charge in [0.2, 0.25) is 5.91 Å². The Kier molecular flexibility index (Phi) is 4.35. The lowest BCUT2D eigenvalue weighted by Gasteiger charge is -2.19. The van der Waals surface area contributed by atoms with Crippen LogP contribution in [0, 0.1) is 6.92 Å². The van der Waals surface area contributed by atoms with Crippen molar-refractivity contribution in [2.24, 2.45) is 0 Å². The fourth-order valence-corrected chi connectivity index (χ4v) is 2.82. The Morgan fingerprint density at radius 1 is 1.17 bits per heavy atom. The van der Waals surface area contributed by atoms with Crippen LogP contribution in [0.25, 0.3) is 0 Å². The maximum Gasteiger partial charge on any atom is 0.257 e. The number of nitrogens with zero attached hydrogens (tertiary/aromatic N) is 1. The molecule has 1 heterocycles. The van der Waals surface area contributed by atoms with Crippen LogP contribution in [0.5, 0.6) is 0 Å². The highest BCUT2D eigenvalue weighted by atomic mass is 35.5. The van der Waals surface area contributed by atoms with Crippen molar-refractivity contribution in [3.8, 4) is 0 Å². The van der Waals surface area contributed by atoms with Gasteiger partial charge < -0.3 is 10.2 Å². The van der Waals surface area contributed by atoms with Gasteiger partial charge in [0, 0.05) is 23.7 Å². The third-order valence-corrected chi connectivity index (χ3v) is 4.11. The minimum Gasteiger partial charge on any atom is -0.322 e. The fraction of sp³-hybridized carbons (Fsp3) is 0.222. The van der Waals surface area contributed by atoms with E-state index in [1.807, 2.05) is 31.2 Å². The number of nitrogens with one attached hydrogen (secondary N) is 1. The predicted octanol–water partition coefficient (Wildman–Crippen LogP) is 4.03. The zero-order chi connectivity index (χ0) is 16.4. The summed E-state index contributed by atoms with van der Waals surface area (Å²) >= 11 is 6.06. The number of anilines is 2. The van der Waals surface area contributed by atoms with E-state index < -0.39 is 0 Å². The average molecular weight is 329 g/mol. The molecule has 2 amide bonds. The first kappa shape index (κ1) is 15.6. The summed E-state index contributed by atoms with van der Waals surface area (Å²) in [7, 11) is 0. The number of hydrogen-bond acceptors (Lipinski definition) is 2. The van der Waals surface area contributed by atoms with Gasteiger partial charge in [-0.05, 0) is 43.7 Å². The Balaban J connectivity index is 1.90. The van der Waals surface area contributed by atoms with Gasteiger partial charge in [0.25, 0.3) is 5.91 Å². The van der Waals surface area contributed by atoms with E-state index in [4.69, 9.17) is 11.6 Å². The van der Waals surface area contributed by atoms with Gasteiger partial charge in [0.05, 0.1) is 11.3 Å². The third-order valence-electron chi connectivity index (χ3n) is 3.88. The van der Waals surface area contributed by atoms with Crippen molar-refractivity contribution >= 4 is 34.8 Å². The van der Waals surface area contributed by atoms with Crippen LogP contribution < -0.4 is 10.2 Å². The number of halogens is 1. The van der Waals surface area contributed by atoms with Crippen molar-refractivity contribution in [1.82, 2.24) is 0 Å². The first-order valence-electron chi connectivity index (χ1n) is 7.52. The van der Waals surface area contributed by atoms with E-state index >= 15 is 0 Å². The van der Waals surface area contributed by atoms with Crippen LogP contribution in [-0.4, -0.2) is 18.4 Å². The molecule has 1 saturated heterocycles. The zero-order valence-corrected chi connectivity index (χ0v) is 13.6. The molecule has 5 heteroatoms. The van der Waals surface area contributed by atoms with Crippen molar-refractivity contribution in [3.63, 3.8) is 0 Å². The van der Waals surface area contributed by atoms with Crippen LogP contribution in [0.2, 0.25) is 5.02 Å². The van der Waals surface area contributed by atoms with Crippen LogP contribution in [0.15, 0.2) is 42.5 Å². The Bertz CT molecular complexity index is 756. The summed E-state index contributed by atoms with van der Waals surface area (Å²) in [5.41, 5.74) is 2.86. The molecule has 3 rings (SSSR count). The van der Waals surface area contributed by atoms with Crippen molar-refractivity contribution in [1.29, 1.82) is 0 Å². The molecule has 0 aliphatic carbocycles. The van der Waals surface area contributed by atoms with Gasteiger partial charge >= 0.3 is 0 Å². The normalized spacial score (nSPS) is 14.2. The zero-order valence-electron chi connectivity index (χ0n) is 12.8. The Hall–Kier alpha value is -2.33. The molecule has 0 aromatic heterocycles. The SMILES string of the molecule is Cc1ccc(NC(=O)c2ccc(Cl)cc2N2CCCC2=O)cc1. The highest BCUT2D eigenvalue weighted by Crippen LogP contribution is 2.29. The molecular formula is C18H17ClN2O2. The summed E-state index contributed by atoms with van der Waals surface area (Å²) in [6, 6.07) is 12.6. The minimum absolute atomic E-state index is 0.0247.